The first-order valence-corrected chi connectivity index (χ1v) is 18.6. The first-order chi connectivity index (χ1) is 26.8. The Morgan fingerprint density at radius 3 is 1.81 bits per heavy atom. The van der Waals surface area contributed by atoms with E-state index >= 15 is 0 Å². The quantitative estimate of drug-likeness (QED) is 0.185. The van der Waals surface area contributed by atoms with E-state index in [0.29, 0.717) is 5.95 Å². The van der Waals surface area contributed by atoms with E-state index in [0.717, 1.165) is 33.2 Å². The van der Waals surface area contributed by atoms with Crippen molar-refractivity contribution >= 4 is 32.7 Å². The fraction of sp³-hybridized carbons (Fsp3) is 0.0196. The molecule has 0 amide bonds. The lowest BCUT2D eigenvalue weighted by Gasteiger charge is -2.34. The summed E-state index contributed by atoms with van der Waals surface area (Å²) in [4.78, 5) is 10.5. The van der Waals surface area contributed by atoms with Crippen molar-refractivity contribution in [1.82, 2.24) is 14.5 Å². The van der Waals surface area contributed by atoms with Gasteiger partial charge in [0, 0.05) is 21.7 Å². The van der Waals surface area contributed by atoms with E-state index in [4.69, 9.17) is 9.97 Å². The van der Waals surface area contributed by atoms with Gasteiger partial charge in [0.1, 0.15) is 0 Å². The van der Waals surface area contributed by atoms with E-state index in [-0.39, 0.29) is 0 Å². The molecule has 0 unspecified atom stereocenters. The Morgan fingerprint density at radius 2 is 1.00 bits per heavy atom. The number of rotatable bonds is 4. The molecule has 2 aromatic heterocycles. The highest BCUT2D eigenvalue weighted by atomic mass is 15.2. The van der Waals surface area contributed by atoms with Crippen molar-refractivity contribution in [2.24, 2.45) is 0 Å². The molecule has 2 heterocycles. The average molecular weight is 686 g/mol. The molecule has 3 nitrogen and oxygen atoms in total. The Balaban J connectivity index is 1.08. The molecule has 2 aliphatic carbocycles. The molecule has 0 saturated heterocycles. The van der Waals surface area contributed by atoms with Crippen LogP contribution in [0.15, 0.2) is 188 Å². The number of nitrogens with zero attached hydrogens (tertiary/aromatic N) is 3. The van der Waals surface area contributed by atoms with E-state index in [1.165, 1.54) is 66.4 Å². The van der Waals surface area contributed by atoms with Gasteiger partial charge in [-0.05, 0) is 86.0 Å². The lowest BCUT2D eigenvalue weighted by Crippen LogP contribution is -2.28. The van der Waals surface area contributed by atoms with Crippen molar-refractivity contribution in [1.29, 1.82) is 0 Å². The van der Waals surface area contributed by atoms with Crippen molar-refractivity contribution in [2.75, 3.05) is 0 Å². The zero-order chi connectivity index (χ0) is 35.4. The number of hydrogen-bond donors (Lipinski definition) is 0. The molecule has 0 fully saturated rings. The van der Waals surface area contributed by atoms with Crippen LogP contribution in [0.1, 0.15) is 22.3 Å². The number of para-hydroxylation sites is 1. The normalized spacial score (nSPS) is 13.3. The van der Waals surface area contributed by atoms with Gasteiger partial charge in [-0.2, -0.15) is 0 Å². The van der Waals surface area contributed by atoms with Gasteiger partial charge in [-0.3, -0.25) is 4.57 Å². The summed E-state index contributed by atoms with van der Waals surface area (Å²) in [6, 6.07) is 68.5. The molecule has 0 spiro atoms. The van der Waals surface area contributed by atoms with Gasteiger partial charge in [-0.25, -0.2) is 9.97 Å². The Hall–Kier alpha value is -7.10. The molecule has 0 saturated carbocycles. The van der Waals surface area contributed by atoms with Crippen LogP contribution in [0.5, 0.6) is 0 Å². The molecular formula is C51H31N3. The Morgan fingerprint density at radius 1 is 0.389 bits per heavy atom. The maximum absolute atomic E-state index is 5.32. The second kappa shape index (κ2) is 11.0. The van der Waals surface area contributed by atoms with Crippen molar-refractivity contribution in [2.45, 2.75) is 5.41 Å². The summed E-state index contributed by atoms with van der Waals surface area (Å²) in [6.07, 6.45) is 0. The number of aromatic nitrogens is 3. The lowest BCUT2D eigenvalue weighted by atomic mass is 9.67. The second-order valence-corrected chi connectivity index (χ2v) is 14.5. The van der Waals surface area contributed by atoms with Gasteiger partial charge in [0.2, 0.25) is 5.95 Å². The highest BCUT2D eigenvalue weighted by Crippen LogP contribution is 2.57. The third kappa shape index (κ3) is 3.85. The summed E-state index contributed by atoms with van der Waals surface area (Å²) < 4.78 is 2.24. The molecule has 0 radical (unpaired) electrons. The smallest absolute Gasteiger partial charge is 0.235 e. The molecule has 250 valence electrons. The topological polar surface area (TPSA) is 30.7 Å². The average Bonchev–Trinajstić information content (AvgIpc) is 3.86. The monoisotopic (exact) mass is 685 g/mol. The third-order valence-corrected chi connectivity index (χ3v) is 11.8. The Kier molecular flexibility index (Phi) is 5.98. The highest BCUT2D eigenvalue weighted by Gasteiger charge is 2.46. The lowest BCUT2D eigenvalue weighted by molar-refractivity contribution is 0.769. The van der Waals surface area contributed by atoms with Crippen LogP contribution >= 0.6 is 0 Å². The van der Waals surface area contributed by atoms with Crippen LogP contribution < -0.4 is 0 Å². The summed E-state index contributed by atoms with van der Waals surface area (Å²) in [5.41, 5.74) is 17.4. The molecule has 3 heteroatoms. The molecule has 12 rings (SSSR count). The minimum Gasteiger partial charge on any atom is -0.278 e. The summed E-state index contributed by atoms with van der Waals surface area (Å²) in [5.74, 6) is 0.691. The van der Waals surface area contributed by atoms with Gasteiger partial charge in [-0.1, -0.05) is 158 Å². The van der Waals surface area contributed by atoms with Crippen molar-refractivity contribution in [3.05, 3.63) is 210 Å². The van der Waals surface area contributed by atoms with Gasteiger partial charge in [0.15, 0.2) is 0 Å². The summed E-state index contributed by atoms with van der Waals surface area (Å²) in [6.45, 7) is 0. The largest absolute Gasteiger partial charge is 0.278 e. The summed E-state index contributed by atoms with van der Waals surface area (Å²) >= 11 is 0. The first kappa shape index (κ1) is 29.5. The van der Waals surface area contributed by atoms with E-state index in [2.05, 4.69) is 193 Å². The maximum atomic E-state index is 5.32. The molecule has 0 N–H and O–H groups in total. The third-order valence-electron chi connectivity index (χ3n) is 11.8. The molecule has 0 bridgehead atoms. The molecular weight excluding hydrogens is 655 g/mol. The van der Waals surface area contributed by atoms with Crippen LogP contribution in [-0.2, 0) is 5.41 Å². The van der Waals surface area contributed by atoms with Crippen LogP contribution in [-0.4, -0.2) is 14.5 Å². The molecule has 10 aromatic rings. The van der Waals surface area contributed by atoms with Crippen molar-refractivity contribution in [3.63, 3.8) is 0 Å². The standard InChI is InChI=1S/C51H31N3/c1-3-14-34(15-4-1)51(35-16-5-2-6-17-35)43-23-11-9-19-37(43)38-28-26-33(31-44(38)51)32-27-29-47-42(30-32)39-20-10-12-25-46(39)54(47)50-52-45-24-13-22-40-36-18-7-8-21-41(36)49(53-50)48(40)45/h1-31H. The van der Waals surface area contributed by atoms with Gasteiger partial charge in [-0.15, -0.1) is 0 Å². The highest BCUT2D eigenvalue weighted by molar-refractivity contribution is 6.14. The fourth-order valence-electron chi connectivity index (χ4n) is 9.61. The Bertz CT molecular complexity index is 3120. The number of benzene rings is 8. The van der Waals surface area contributed by atoms with Crippen LogP contribution in [0.2, 0.25) is 0 Å². The van der Waals surface area contributed by atoms with E-state index in [9.17, 15) is 0 Å². The van der Waals surface area contributed by atoms with Crippen molar-refractivity contribution < 1.29 is 0 Å². The number of fused-ring (bicyclic) bond motifs is 9. The van der Waals surface area contributed by atoms with Gasteiger partial charge in [0.25, 0.3) is 0 Å². The zero-order valence-corrected chi connectivity index (χ0v) is 29.2. The van der Waals surface area contributed by atoms with E-state index in [1.807, 2.05) is 0 Å². The second-order valence-electron chi connectivity index (χ2n) is 14.5. The predicted octanol–water partition coefficient (Wildman–Crippen LogP) is 12.4. The molecule has 0 atom stereocenters. The van der Waals surface area contributed by atoms with Crippen LogP contribution in [0, 0.1) is 0 Å². The number of hydrogen-bond acceptors (Lipinski definition) is 2. The van der Waals surface area contributed by atoms with Gasteiger partial charge < -0.3 is 0 Å². The first-order valence-electron chi connectivity index (χ1n) is 18.6. The van der Waals surface area contributed by atoms with E-state index < -0.39 is 5.41 Å². The minimum atomic E-state index is -0.447. The SMILES string of the molecule is c1ccc(C2(c3ccccc3)c3ccccc3-c3ccc(-c4ccc5c(c4)c4ccccc4n5-c4nc5c6c(cccc6n4)-c4ccccc4-5)cc32)cc1. The molecule has 0 aliphatic heterocycles. The minimum absolute atomic E-state index is 0.447. The van der Waals surface area contributed by atoms with Crippen LogP contribution in [0.4, 0.5) is 0 Å². The van der Waals surface area contributed by atoms with Crippen LogP contribution in [0.3, 0.4) is 0 Å². The van der Waals surface area contributed by atoms with E-state index in [1.54, 1.807) is 0 Å². The Labute approximate surface area is 312 Å². The molecule has 8 aromatic carbocycles. The van der Waals surface area contributed by atoms with Crippen LogP contribution in [0.25, 0.3) is 83.3 Å². The molecule has 54 heavy (non-hydrogen) atoms. The van der Waals surface area contributed by atoms with Gasteiger partial charge >= 0.3 is 0 Å². The van der Waals surface area contributed by atoms with Crippen molar-refractivity contribution in [3.8, 4) is 50.6 Å². The fourth-order valence-corrected chi connectivity index (χ4v) is 9.61. The summed E-state index contributed by atoms with van der Waals surface area (Å²) in [7, 11) is 0. The van der Waals surface area contributed by atoms with Gasteiger partial charge in [0.05, 0.1) is 27.7 Å². The zero-order valence-electron chi connectivity index (χ0n) is 29.2. The predicted molar refractivity (Wildman–Crippen MR) is 221 cm³/mol. The summed E-state index contributed by atoms with van der Waals surface area (Å²) in [5, 5.41) is 3.49. The maximum Gasteiger partial charge on any atom is 0.235 e. The molecule has 2 aliphatic rings.